The highest BCUT2D eigenvalue weighted by Crippen LogP contribution is 2.36. The van der Waals surface area contributed by atoms with E-state index >= 15 is 0 Å². The van der Waals surface area contributed by atoms with Gasteiger partial charge in [-0.25, -0.2) is 9.97 Å². The van der Waals surface area contributed by atoms with Gasteiger partial charge in [0, 0.05) is 43.5 Å². The Balaban J connectivity index is 1.56. The topological polar surface area (TPSA) is 65.8 Å². The molecule has 0 radical (unpaired) electrons. The van der Waals surface area contributed by atoms with Gasteiger partial charge < -0.3 is 0 Å². The van der Waals surface area contributed by atoms with Gasteiger partial charge in [0.1, 0.15) is 11.5 Å². The first-order valence-electron chi connectivity index (χ1n) is 10.2. The minimum Gasteiger partial charge on any atom is -0.284 e. The molecule has 4 aromatic rings. The number of aromatic nitrogens is 7. The molecule has 29 heavy (non-hydrogen) atoms. The van der Waals surface area contributed by atoms with E-state index in [2.05, 4.69) is 15.2 Å². The monoisotopic (exact) mass is 393 g/mol. The van der Waals surface area contributed by atoms with Crippen LogP contribution < -0.4 is 0 Å². The standard InChI is InChI=1S/C21H24FN7/c1-27-13-16(11-24-27)18-10-20-23-8-9-28(20)21(26-18)17-12-25-29(14-17)19(6-7-22)15-4-2-3-5-15/h8-15,19H,2-7H2,1H3. The molecular formula is C21H24FN7. The fraction of sp³-hybridized carbons (Fsp3) is 0.429. The molecule has 0 N–H and O–H groups in total. The molecule has 0 aromatic carbocycles. The minimum atomic E-state index is -0.323. The van der Waals surface area contributed by atoms with Gasteiger partial charge in [-0.2, -0.15) is 10.2 Å². The summed E-state index contributed by atoms with van der Waals surface area (Å²) < 4.78 is 18.9. The normalized spacial score (nSPS) is 16.1. The summed E-state index contributed by atoms with van der Waals surface area (Å²) >= 11 is 0. The van der Waals surface area contributed by atoms with E-state index in [1.54, 1.807) is 17.1 Å². The van der Waals surface area contributed by atoms with Gasteiger partial charge in [-0.05, 0) is 25.2 Å². The summed E-state index contributed by atoms with van der Waals surface area (Å²) in [5.41, 5.74) is 3.47. The first kappa shape index (κ1) is 18.0. The zero-order valence-corrected chi connectivity index (χ0v) is 16.4. The van der Waals surface area contributed by atoms with Gasteiger partial charge in [0.2, 0.25) is 0 Å². The Kier molecular flexibility index (Phi) is 4.61. The summed E-state index contributed by atoms with van der Waals surface area (Å²) in [6.07, 6.45) is 16.5. The molecule has 1 aliphatic rings. The second-order valence-electron chi connectivity index (χ2n) is 7.82. The average Bonchev–Trinajstić information content (AvgIpc) is 3.52. The van der Waals surface area contributed by atoms with Gasteiger partial charge in [-0.15, -0.1) is 0 Å². The number of nitrogens with zero attached hydrogens (tertiary/aromatic N) is 7. The van der Waals surface area contributed by atoms with Crippen LogP contribution in [0, 0.1) is 5.92 Å². The maximum absolute atomic E-state index is 13.2. The van der Waals surface area contributed by atoms with Crippen molar-refractivity contribution in [3.8, 4) is 22.6 Å². The third-order valence-corrected chi connectivity index (χ3v) is 5.94. The van der Waals surface area contributed by atoms with Crippen LogP contribution in [0.15, 0.2) is 43.2 Å². The van der Waals surface area contributed by atoms with Gasteiger partial charge in [0.15, 0.2) is 0 Å². The predicted octanol–water partition coefficient (Wildman–Crippen LogP) is 4.08. The van der Waals surface area contributed by atoms with E-state index in [4.69, 9.17) is 4.98 Å². The average molecular weight is 393 g/mol. The highest BCUT2D eigenvalue weighted by atomic mass is 19.1. The fourth-order valence-corrected chi connectivity index (χ4v) is 4.50. The summed E-state index contributed by atoms with van der Waals surface area (Å²) in [7, 11) is 1.89. The molecule has 0 saturated heterocycles. The highest BCUT2D eigenvalue weighted by Gasteiger charge is 2.27. The number of fused-ring (bicyclic) bond motifs is 1. The number of hydrogen-bond acceptors (Lipinski definition) is 4. The zero-order valence-electron chi connectivity index (χ0n) is 16.4. The Morgan fingerprint density at radius 1 is 1.14 bits per heavy atom. The maximum atomic E-state index is 13.2. The molecule has 4 heterocycles. The Morgan fingerprint density at radius 3 is 2.72 bits per heavy atom. The highest BCUT2D eigenvalue weighted by molar-refractivity contribution is 5.68. The molecule has 150 valence electrons. The van der Waals surface area contributed by atoms with Crippen LogP contribution in [-0.2, 0) is 7.05 Å². The summed E-state index contributed by atoms with van der Waals surface area (Å²) in [6.45, 7) is -0.323. The number of alkyl halides is 1. The zero-order chi connectivity index (χ0) is 19.8. The van der Waals surface area contributed by atoms with Crippen LogP contribution in [-0.4, -0.2) is 40.6 Å². The lowest BCUT2D eigenvalue weighted by Crippen LogP contribution is -2.18. The second kappa shape index (κ2) is 7.42. The van der Waals surface area contributed by atoms with Crippen molar-refractivity contribution in [1.82, 2.24) is 33.9 Å². The second-order valence-corrected chi connectivity index (χ2v) is 7.82. The van der Waals surface area contributed by atoms with E-state index in [0.717, 1.165) is 41.1 Å². The number of halogens is 1. The Hall–Kier alpha value is -3.03. The predicted molar refractivity (Wildman–Crippen MR) is 108 cm³/mol. The quantitative estimate of drug-likeness (QED) is 0.495. The van der Waals surface area contributed by atoms with Gasteiger partial charge in [-0.1, -0.05) is 12.8 Å². The third kappa shape index (κ3) is 3.32. The molecule has 1 atom stereocenters. The molecule has 1 saturated carbocycles. The van der Waals surface area contributed by atoms with E-state index in [1.807, 2.05) is 47.0 Å². The van der Waals surface area contributed by atoms with Crippen LogP contribution in [0.3, 0.4) is 0 Å². The van der Waals surface area contributed by atoms with Gasteiger partial charge in [0.05, 0.1) is 36.4 Å². The first-order chi connectivity index (χ1) is 14.2. The molecule has 0 aliphatic heterocycles. The first-order valence-corrected chi connectivity index (χ1v) is 10.2. The Labute approximate surface area is 168 Å². The smallest absolute Gasteiger partial charge is 0.149 e. The summed E-state index contributed by atoms with van der Waals surface area (Å²) in [5, 5.41) is 8.87. The van der Waals surface area contributed by atoms with Crippen molar-refractivity contribution in [3.63, 3.8) is 0 Å². The molecule has 1 aliphatic carbocycles. The minimum absolute atomic E-state index is 0.107. The van der Waals surface area contributed by atoms with Gasteiger partial charge >= 0.3 is 0 Å². The molecule has 1 unspecified atom stereocenters. The van der Waals surface area contributed by atoms with Crippen LogP contribution >= 0.6 is 0 Å². The van der Waals surface area contributed by atoms with E-state index in [0.29, 0.717) is 12.3 Å². The molecule has 0 bridgehead atoms. The van der Waals surface area contributed by atoms with E-state index in [1.165, 1.54) is 12.8 Å². The van der Waals surface area contributed by atoms with Crippen LogP contribution in [0.4, 0.5) is 4.39 Å². The number of imidazole rings is 1. The van der Waals surface area contributed by atoms with Crippen molar-refractivity contribution in [2.24, 2.45) is 13.0 Å². The lowest BCUT2D eigenvalue weighted by Gasteiger charge is -2.22. The van der Waals surface area contributed by atoms with Crippen molar-refractivity contribution in [3.05, 3.63) is 43.2 Å². The van der Waals surface area contributed by atoms with Gasteiger partial charge in [0.25, 0.3) is 0 Å². The summed E-state index contributed by atoms with van der Waals surface area (Å²) in [6, 6.07) is 2.06. The maximum Gasteiger partial charge on any atom is 0.149 e. The van der Waals surface area contributed by atoms with Crippen LogP contribution in [0.2, 0.25) is 0 Å². The Morgan fingerprint density at radius 2 is 1.97 bits per heavy atom. The largest absolute Gasteiger partial charge is 0.284 e. The van der Waals surface area contributed by atoms with Crippen LogP contribution in [0.5, 0.6) is 0 Å². The van der Waals surface area contributed by atoms with Crippen molar-refractivity contribution >= 4 is 5.65 Å². The van der Waals surface area contributed by atoms with E-state index in [-0.39, 0.29) is 12.7 Å². The van der Waals surface area contributed by atoms with E-state index in [9.17, 15) is 4.39 Å². The number of hydrogen-bond donors (Lipinski definition) is 0. The fourth-order valence-electron chi connectivity index (χ4n) is 4.50. The SMILES string of the molecule is Cn1cc(-c2cc3nccn3c(-c3cnn(C(CCF)C4CCCC4)c3)n2)cn1. The molecule has 8 heteroatoms. The molecule has 1 fully saturated rings. The van der Waals surface area contributed by atoms with Crippen molar-refractivity contribution in [2.75, 3.05) is 6.67 Å². The van der Waals surface area contributed by atoms with Crippen LogP contribution in [0.1, 0.15) is 38.1 Å². The van der Waals surface area contributed by atoms with Gasteiger partial charge in [-0.3, -0.25) is 18.2 Å². The van der Waals surface area contributed by atoms with Crippen molar-refractivity contribution < 1.29 is 4.39 Å². The molecular weight excluding hydrogens is 369 g/mol. The molecule has 0 spiro atoms. The number of aryl methyl sites for hydroxylation is 1. The third-order valence-electron chi connectivity index (χ3n) is 5.94. The Bertz CT molecular complexity index is 1120. The van der Waals surface area contributed by atoms with Crippen molar-refractivity contribution in [1.29, 1.82) is 0 Å². The molecule has 4 aromatic heterocycles. The van der Waals surface area contributed by atoms with E-state index < -0.39 is 0 Å². The lowest BCUT2D eigenvalue weighted by molar-refractivity contribution is 0.266. The summed E-state index contributed by atoms with van der Waals surface area (Å²) in [5.74, 6) is 1.27. The molecule has 7 nitrogen and oxygen atoms in total. The lowest BCUT2D eigenvalue weighted by atomic mass is 9.96. The molecule has 5 rings (SSSR count). The van der Waals surface area contributed by atoms with Crippen LogP contribution in [0.25, 0.3) is 28.3 Å². The molecule has 0 amide bonds. The summed E-state index contributed by atoms with van der Waals surface area (Å²) in [4.78, 5) is 9.34. The number of rotatable bonds is 6. The van der Waals surface area contributed by atoms with Crippen molar-refractivity contribution in [2.45, 2.75) is 38.1 Å².